The van der Waals surface area contributed by atoms with Gasteiger partial charge in [0.2, 0.25) is 0 Å². The van der Waals surface area contributed by atoms with E-state index in [1.807, 2.05) is 0 Å². The maximum Gasteiger partial charge on any atom is 0.0964 e. The molecule has 0 aromatic rings. The Morgan fingerprint density at radius 3 is 2.73 bits per heavy atom. The molecule has 2 heteroatoms. The van der Waals surface area contributed by atoms with Crippen LogP contribution in [0.25, 0.3) is 0 Å². The molecular formula is C9H17NO. The molecule has 0 amide bonds. The number of rotatable bonds is 2. The first-order valence-electron chi connectivity index (χ1n) is 4.66. The molecule has 2 aliphatic heterocycles. The minimum atomic E-state index is 0.583. The Kier molecular flexibility index (Phi) is 1.90. The average Bonchev–Trinajstić information content (AvgIpc) is 2.68. The summed E-state index contributed by atoms with van der Waals surface area (Å²) in [5, 5.41) is 0. The molecule has 0 bridgehead atoms. The topological polar surface area (TPSA) is 15.8 Å². The molecule has 0 aromatic carbocycles. The highest BCUT2D eigenvalue weighted by Gasteiger charge is 2.39. The molecule has 2 atom stereocenters. The number of hydrogen-bond donors (Lipinski definition) is 0. The number of likely N-dealkylation sites (tertiary alicyclic amines) is 1. The minimum Gasteiger partial charge on any atom is -0.371 e. The normalized spacial score (nSPS) is 38.5. The first-order chi connectivity index (χ1) is 5.29. The molecule has 0 N–H and O–H groups in total. The largest absolute Gasteiger partial charge is 0.371 e. The van der Waals surface area contributed by atoms with Crippen LogP contribution in [0.4, 0.5) is 0 Å². The lowest BCUT2D eigenvalue weighted by Crippen LogP contribution is -2.38. The van der Waals surface area contributed by atoms with Crippen molar-refractivity contribution in [3.63, 3.8) is 0 Å². The van der Waals surface area contributed by atoms with Crippen LogP contribution in [0.3, 0.4) is 0 Å². The fourth-order valence-corrected chi connectivity index (χ4v) is 2.13. The minimum absolute atomic E-state index is 0.583. The average molecular weight is 155 g/mol. The highest BCUT2D eigenvalue weighted by Crippen LogP contribution is 2.29. The number of ether oxygens (including phenoxy) is 1. The van der Waals surface area contributed by atoms with E-state index in [0.717, 1.165) is 12.6 Å². The Morgan fingerprint density at radius 1 is 1.45 bits per heavy atom. The summed E-state index contributed by atoms with van der Waals surface area (Å²) in [5.41, 5.74) is 0. The predicted octanol–water partition coefficient (Wildman–Crippen LogP) is 1.26. The fraction of sp³-hybridized carbons (Fsp3) is 1.00. The van der Waals surface area contributed by atoms with Crippen molar-refractivity contribution in [3.8, 4) is 0 Å². The van der Waals surface area contributed by atoms with E-state index in [-0.39, 0.29) is 0 Å². The lowest BCUT2D eigenvalue weighted by atomic mass is 10.1. The van der Waals surface area contributed by atoms with Gasteiger partial charge in [0.15, 0.2) is 0 Å². The summed E-state index contributed by atoms with van der Waals surface area (Å²) < 4.78 is 5.33. The highest BCUT2D eigenvalue weighted by molar-refractivity contribution is 4.92. The van der Waals surface area contributed by atoms with Crippen molar-refractivity contribution >= 4 is 0 Å². The van der Waals surface area contributed by atoms with Gasteiger partial charge in [0.05, 0.1) is 12.7 Å². The Bertz CT molecular complexity index is 134. The maximum absolute atomic E-state index is 5.33. The van der Waals surface area contributed by atoms with Crippen LogP contribution in [0, 0.1) is 0 Å². The summed E-state index contributed by atoms with van der Waals surface area (Å²) in [7, 11) is 0. The summed E-state index contributed by atoms with van der Waals surface area (Å²) >= 11 is 0. The highest BCUT2D eigenvalue weighted by atomic mass is 16.6. The van der Waals surface area contributed by atoms with Crippen LogP contribution in [-0.2, 0) is 4.74 Å². The molecule has 11 heavy (non-hydrogen) atoms. The Balaban J connectivity index is 1.95. The van der Waals surface area contributed by atoms with Crippen molar-refractivity contribution in [2.45, 2.75) is 44.9 Å². The third-order valence-electron chi connectivity index (χ3n) is 2.79. The van der Waals surface area contributed by atoms with Crippen LogP contribution < -0.4 is 0 Å². The molecule has 2 saturated heterocycles. The summed E-state index contributed by atoms with van der Waals surface area (Å²) in [6.07, 6.45) is 3.30. The molecule has 0 aromatic heterocycles. The zero-order valence-corrected chi connectivity index (χ0v) is 7.42. The molecule has 2 heterocycles. The zero-order chi connectivity index (χ0) is 7.84. The molecule has 0 aliphatic carbocycles. The van der Waals surface area contributed by atoms with E-state index in [1.165, 1.54) is 19.4 Å². The van der Waals surface area contributed by atoms with Crippen molar-refractivity contribution in [1.29, 1.82) is 0 Å². The van der Waals surface area contributed by atoms with E-state index < -0.39 is 0 Å². The van der Waals surface area contributed by atoms with Gasteiger partial charge < -0.3 is 4.74 Å². The van der Waals surface area contributed by atoms with E-state index in [0.29, 0.717) is 12.1 Å². The Morgan fingerprint density at radius 2 is 2.18 bits per heavy atom. The van der Waals surface area contributed by atoms with Gasteiger partial charge >= 0.3 is 0 Å². The SMILES string of the molecule is CC(C)N1CCCC1C1CO1. The lowest BCUT2D eigenvalue weighted by molar-refractivity contribution is 0.170. The van der Waals surface area contributed by atoms with Crippen molar-refractivity contribution < 1.29 is 4.74 Å². The van der Waals surface area contributed by atoms with E-state index in [9.17, 15) is 0 Å². The number of hydrogen-bond acceptors (Lipinski definition) is 2. The second-order valence-electron chi connectivity index (χ2n) is 3.91. The van der Waals surface area contributed by atoms with Gasteiger partial charge in [0.25, 0.3) is 0 Å². The third-order valence-corrected chi connectivity index (χ3v) is 2.79. The third kappa shape index (κ3) is 1.42. The summed E-state index contributed by atoms with van der Waals surface area (Å²) in [6, 6.07) is 1.45. The second kappa shape index (κ2) is 2.76. The van der Waals surface area contributed by atoms with Crippen LogP contribution in [-0.4, -0.2) is 36.2 Å². The summed E-state index contributed by atoms with van der Waals surface area (Å²) in [6.45, 7) is 6.84. The second-order valence-corrected chi connectivity index (χ2v) is 3.91. The van der Waals surface area contributed by atoms with Crippen molar-refractivity contribution in [2.24, 2.45) is 0 Å². The number of epoxide rings is 1. The molecule has 2 fully saturated rings. The van der Waals surface area contributed by atoms with E-state index >= 15 is 0 Å². The molecule has 2 nitrogen and oxygen atoms in total. The van der Waals surface area contributed by atoms with Crippen molar-refractivity contribution in [1.82, 2.24) is 4.90 Å². The molecule has 2 rings (SSSR count). The standard InChI is InChI=1S/C9H17NO/c1-7(2)10-5-3-4-8(10)9-6-11-9/h7-9H,3-6H2,1-2H3. The summed E-state index contributed by atoms with van der Waals surface area (Å²) in [5.74, 6) is 0. The van der Waals surface area contributed by atoms with Gasteiger partial charge in [-0.05, 0) is 33.2 Å². The summed E-state index contributed by atoms with van der Waals surface area (Å²) in [4.78, 5) is 2.58. The Hall–Kier alpha value is -0.0800. The molecule has 0 radical (unpaired) electrons. The van der Waals surface area contributed by atoms with Crippen LogP contribution in [0.5, 0.6) is 0 Å². The monoisotopic (exact) mass is 155 g/mol. The molecule has 0 saturated carbocycles. The molecule has 0 spiro atoms. The number of nitrogens with zero attached hydrogens (tertiary/aromatic N) is 1. The molecule has 2 aliphatic rings. The van der Waals surface area contributed by atoms with Crippen molar-refractivity contribution in [3.05, 3.63) is 0 Å². The van der Waals surface area contributed by atoms with Gasteiger partial charge in [-0.3, -0.25) is 4.90 Å². The first-order valence-corrected chi connectivity index (χ1v) is 4.66. The fourth-order valence-electron chi connectivity index (χ4n) is 2.13. The maximum atomic E-state index is 5.33. The van der Waals surface area contributed by atoms with Crippen molar-refractivity contribution in [2.75, 3.05) is 13.2 Å². The lowest BCUT2D eigenvalue weighted by Gasteiger charge is -2.26. The molecule has 2 unspecified atom stereocenters. The smallest absolute Gasteiger partial charge is 0.0964 e. The Labute approximate surface area is 68.5 Å². The van der Waals surface area contributed by atoms with E-state index in [4.69, 9.17) is 4.74 Å². The van der Waals surface area contributed by atoms with E-state index in [1.54, 1.807) is 0 Å². The van der Waals surface area contributed by atoms with Gasteiger partial charge in [-0.25, -0.2) is 0 Å². The quantitative estimate of drug-likeness (QED) is 0.558. The van der Waals surface area contributed by atoms with Gasteiger partial charge in [-0.15, -0.1) is 0 Å². The van der Waals surface area contributed by atoms with Gasteiger partial charge in [-0.2, -0.15) is 0 Å². The van der Waals surface area contributed by atoms with Gasteiger partial charge in [0, 0.05) is 12.1 Å². The predicted molar refractivity (Wildman–Crippen MR) is 44.6 cm³/mol. The zero-order valence-electron chi connectivity index (χ0n) is 7.42. The van der Waals surface area contributed by atoms with E-state index in [2.05, 4.69) is 18.7 Å². The van der Waals surface area contributed by atoms with Gasteiger partial charge in [0.1, 0.15) is 0 Å². The van der Waals surface area contributed by atoms with Crippen LogP contribution in [0.2, 0.25) is 0 Å². The van der Waals surface area contributed by atoms with Crippen LogP contribution in [0.15, 0.2) is 0 Å². The first kappa shape index (κ1) is 7.56. The molecule has 64 valence electrons. The van der Waals surface area contributed by atoms with Crippen LogP contribution in [0.1, 0.15) is 26.7 Å². The van der Waals surface area contributed by atoms with Gasteiger partial charge in [-0.1, -0.05) is 0 Å². The molecular weight excluding hydrogens is 138 g/mol. The van der Waals surface area contributed by atoms with Crippen LogP contribution >= 0.6 is 0 Å².